The first-order chi connectivity index (χ1) is 13.2. The van der Waals surface area contributed by atoms with E-state index in [-0.39, 0.29) is 24.4 Å². The number of rotatable bonds is 4. The van der Waals surface area contributed by atoms with Crippen molar-refractivity contribution < 1.29 is 9.53 Å². The van der Waals surface area contributed by atoms with E-state index in [9.17, 15) is 4.79 Å². The summed E-state index contributed by atoms with van der Waals surface area (Å²) in [4.78, 5) is 16.4. The first kappa shape index (κ1) is 20.3. The number of anilines is 1. The van der Waals surface area contributed by atoms with Crippen LogP contribution in [0.5, 0.6) is 0 Å². The highest BCUT2D eigenvalue weighted by Crippen LogP contribution is 2.21. The second-order valence-electron chi connectivity index (χ2n) is 6.15. The molecule has 0 saturated carbocycles. The predicted octanol–water partition coefficient (Wildman–Crippen LogP) is 3.26. The Morgan fingerprint density at radius 1 is 1.29 bits per heavy atom. The standard InChI is InChI=1S/C19H18ClN5O2.ClH/c20-18-9-16(5-6-22-18)25-12-14(10-23-25)19(26)24-15-3-1-13(2-4-15)17-11-21-7-8-27-17;/h1-6,9-10,12,17,21H,7-8,11H2,(H,24,26);1H. The number of ether oxygens (including phenoxy) is 1. The Kier molecular flexibility index (Phi) is 6.64. The van der Waals surface area contributed by atoms with Gasteiger partial charge < -0.3 is 15.4 Å². The quantitative estimate of drug-likeness (QED) is 0.634. The first-order valence-electron chi connectivity index (χ1n) is 8.59. The molecule has 2 aromatic heterocycles. The maximum atomic E-state index is 12.5. The summed E-state index contributed by atoms with van der Waals surface area (Å²) in [5, 5.41) is 10.8. The zero-order valence-electron chi connectivity index (χ0n) is 14.8. The van der Waals surface area contributed by atoms with Gasteiger partial charge in [0.2, 0.25) is 0 Å². The summed E-state index contributed by atoms with van der Waals surface area (Å²) in [7, 11) is 0. The van der Waals surface area contributed by atoms with Crippen molar-refractivity contribution in [2.24, 2.45) is 0 Å². The molecule has 3 heterocycles. The van der Waals surface area contributed by atoms with Gasteiger partial charge in [0, 0.05) is 37.2 Å². The van der Waals surface area contributed by atoms with Crippen LogP contribution in [-0.4, -0.2) is 40.4 Å². The van der Waals surface area contributed by atoms with Gasteiger partial charge in [-0.1, -0.05) is 23.7 Å². The van der Waals surface area contributed by atoms with E-state index in [4.69, 9.17) is 16.3 Å². The molecule has 1 atom stereocenters. The van der Waals surface area contributed by atoms with Crippen molar-refractivity contribution >= 4 is 35.6 Å². The SMILES string of the molecule is Cl.O=C(Nc1ccc(C2CNCCO2)cc1)c1cnn(-c2ccnc(Cl)c2)c1. The number of halogens is 2. The molecule has 7 nitrogen and oxygen atoms in total. The van der Waals surface area contributed by atoms with E-state index >= 15 is 0 Å². The van der Waals surface area contributed by atoms with Crippen LogP contribution >= 0.6 is 24.0 Å². The van der Waals surface area contributed by atoms with Gasteiger partial charge in [0.15, 0.2) is 0 Å². The van der Waals surface area contributed by atoms with E-state index in [2.05, 4.69) is 20.7 Å². The monoisotopic (exact) mass is 419 g/mol. The Bertz CT molecular complexity index is 940. The van der Waals surface area contributed by atoms with Crippen molar-refractivity contribution in [3.63, 3.8) is 0 Å². The summed E-state index contributed by atoms with van der Waals surface area (Å²) in [6.07, 6.45) is 4.80. The van der Waals surface area contributed by atoms with Crippen molar-refractivity contribution in [1.82, 2.24) is 20.1 Å². The Labute approximate surface area is 173 Å². The Morgan fingerprint density at radius 3 is 2.82 bits per heavy atom. The van der Waals surface area contributed by atoms with Crippen LogP contribution in [0.1, 0.15) is 22.0 Å². The lowest BCUT2D eigenvalue weighted by atomic mass is 10.1. The van der Waals surface area contributed by atoms with Crippen LogP contribution in [0.2, 0.25) is 5.15 Å². The number of hydrogen-bond donors (Lipinski definition) is 2. The van der Waals surface area contributed by atoms with E-state index in [0.29, 0.717) is 23.0 Å². The van der Waals surface area contributed by atoms with E-state index in [0.717, 1.165) is 24.3 Å². The lowest BCUT2D eigenvalue weighted by Crippen LogP contribution is -2.33. The molecule has 0 bridgehead atoms. The number of morpholine rings is 1. The highest BCUT2D eigenvalue weighted by atomic mass is 35.5. The summed E-state index contributed by atoms with van der Waals surface area (Å²) in [5.41, 5.74) is 2.99. The number of nitrogens with zero attached hydrogens (tertiary/aromatic N) is 3. The number of aromatic nitrogens is 3. The van der Waals surface area contributed by atoms with E-state index in [1.165, 1.54) is 6.20 Å². The van der Waals surface area contributed by atoms with Gasteiger partial charge in [0.25, 0.3) is 5.91 Å². The topological polar surface area (TPSA) is 81.1 Å². The predicted molar refractivity (Wildman–Crippen MR) is 110 cm³/mol. The van der Waals surface area contributed by atoms with Crippen LogP contribution in [0.25, 0.3) is 5.69 Å². The molecule has 1 saturated heterocycles. The lowest BCUT2D eigenvalue weighted by molar-refractivity contribution is 0.0277. The average molecular weight is 420 g/mol. The Hall–Kier alpha value is -2.45. The number of amides is 1. The normalized spacial score (nSPS) is 16.2. The highest BCUT2D eigenvalue weighted by molar-refractivity contribution is 6.29. The van der Waals surface area contributed by atoms with Crippen LogP contribution in [0, 0.1) is 0 Å². The summed E-state index contributed by atoms with van der Waals surface area (Å²) in [6.45, 7) is 2.38. The van der Waals surface area contributed by atoms with Gasteiger partial charge in [-0.2, -0.15) is 5.10 Å². The number of nitrogens with one attached hydrogen (secondary N) is 2. The molecule has 0 radical (unpaired) electrons. The van der Waals surface area contributed by atoms with Crippen LogP contribution in [0.3, 0.4) is 0 Å². The van der Waals surface area contributed by atoms with Crippen LogP contribution < -0.4 is 10.6 Å². The number of benzene rings is 1. The van der Waals surface area contributed by atoms with Gasteiger partial charge in [-0.05, 0) is 23.8 Å². The largest absolute Gasteiger partial charge is 0.371 e. The Morgan fingerprint density at radius 2 is 2.11 bits per heavy atom. The molecule has 146 valence electrons. The number of carbonyl (C=O) groups is 1. The molecule has 0 aliphatic carbocycles. The van der Waals surface area contributed by atoms with Crippen LogP contribution in [0.15, 0.2) is 55.0 Å². The minimum atomic E-state index is -0.232. The fourth-order valence-electron chi connectivity index (χ4n) is 2.88. The molecule has 1 unspecified atom stereocenters. The fourth-order valence-corrected chi connectivity index (χ4v) is 3.05. The van der Waals surface area contributed by atoms with Crippen molar-refractivity contribution in [3.05, 3.63) is 71.3 Å². The van der Waals surface area contributed by atoms with Crippen molar-refractivity contribution in [1.29, 1.82) is 0 Å². The summed E-state index contributed by atoms with van der Waals surface area (Å²) in [6, 6.07) is 11.1. The minimum Gasteiger partial charge on any atom is -0.371 e. The fraction of sp³-hybridized carbons (Fsp3) is 0.211. The van der Waals surface area contributed by atoms with Crippen molar-refractivity contribution in [3.8, 4) is 5.69 Å². The van der Waals surface area contributed by atoms with Crippen molar-refractivity contribution in [2.45, 2.75) is 6.10 Å². The molecule has 3 aromatic rings. The maximum Gasteiger partial charge on any atom is 0.258 e. The molecule has 1 aliphatic heterocycles. The molecular formula is C19H19Cl2N5O2. The van der Waals surface area contributed by atoms with Gasteiger partial charge >= 0.3 is 0 Å². The summed E-state index contributed by atoms with van der Waals surface area (Å²) < 4.78 is 7.32. The number of pyridine rings is 1. The molecule has 1 aromatic carbocycles. The molecule has 4 rings (SSSR count). The second kappa shape index (κ2) is 9.16. The van der Waals surface area contributed by atoms with Gasteiger partial charge in [-0.15, -0.1) is 12.4 Å². The molecular weight excluding hydrogens is 401 g/mol. The zero-order valence-corrected chi connectivity index (χ0v) is 16.4. The molecule has 9 heteroatoms. The molecule has 1 aliphatic rings. The number of carbonyl (C=O) groups excluding carboxylic acids is 1. The van der Waals surface area contributed by atoms with E-state index in [1.807, 2.05) is 24.3 Å². The van der Waals surface area contributed by atoms with E-state index < -0.39 is 0 Å². The molecule has 0 spiro atoms. The number of hydrogen-bond acceptors (Lipinski definition) is 5. The van der Waals surface area contributed by atoms with Gasteiger partial charge in [0.05, 0.1) is 30.2 Å². The molecule has 28 heavy (non-hydrogen) atoms. The maximum absolute atomic E-state index is 12.5. The summed E-state index contributed by atoms with van der Waals surface area (Å²) in [5.74, 6) is -0.232. The first-order valence-corrected chi connectivity index (χ1v) is 8.97. The third-order valence-electron chi connectivity index (χ3n) is 4.29. The molecule has 1 fully saturated rings. The average Bonchev–Trinajstić information content (AvgIpc) is 3.20. The van der Waals surface area contributed by atoms with E-state index in [1.54, 1.807) is 29.2 Å². The second-order valence-corrected chi connectivity index (χ2v) is 6.54. The molecule has 1 amide bonds. The van der Waals surface area contributed by atoms with Gasteiger partial charge in [0.1, 0.15) is 5.15 Å². The van der Waals surface area contributed by atoms with Crippen molar-refractivity contribution in [2.75, 3.05) is 25.0 Å². The third kappa shape index (κ3) is 4.69. The summed E-state index contributed by atoms with van der Waals surface area (Å²) >= 11 is 5.90. The minimum absolute atomic E-state index is 0. The van der Waals surface area contributed by atoms with Crippen LogP contribution in [0.4, 0.5) is 5.69 Å². The highest BCUT2D eigenvalue weighted by Gasteiger charge is 2.16. The lowest BCUT2D eigenvalue weighted by Gasteiger charge is -2.24. The zero-order chi connectivity index (χ0) is 18.6. The van der Waals surface area contributed by atoms with Crippen LogP contribution in [-0.2, 0) is 4.74 Å². The molecule has 2 N–H and O–H groups in total. The van der Waals surface area contributed by atoms with Gasteiger partial charge in [-0.3, -0.25) is 4.79 Å². The Balaban J connectivity index is 0.00000225. The smallest absolute Gasteiger partial charge is 0.258 e. The third-order valence-corrected chi connectivity index (χ3v) is 4.49. The van der Waals surface area contributed by atoms with Gasteiger partial charge in [-0.25, -0.2) is 9.67 Å².